The summed E-state index contributed by atoms with van der Waals surface area (Å²) >= 11 is 5.69. The minimum Gasteiger partial charge on any atom is -0.354 e. The highest BCUT2D eigenvalue weighted by atomic mass is 35.5. The summed E-state index contributed by atoms with van der Waals surface area (Å²) in [6.45, 7) is 6.18. The summed E-state index contributed by atoms with van der Waals surface area (Å²) in [5.41, 5.74) is 0. The van der Waals surface area contributed by atoms with Crippen LogP contribution in [0.5, 0.6) is 0 Å². The fraction of sp³-hybridized carbons (Fsp3) is 0.583. The first-order valence-corrected chi connectivity index (χ1v) is 6.01. The number of piperidine rings is 1. The van der Waals surface area contributed by atoms with Crippen molar-refractivity contribution in [1.29, 1.82) is 0 Å². The van der Waals surface area contributed by atoms with E-state index in [1.165, 1.54) is 12.3 Å². The quantitative estimate of drug-likeness (QED) is 0.751. The molecule has 2 rings (SSSR count). The van der Waals surface area contributed by atoms with E-state index in [4.69, 9.17) is 11.6 Å². The lowest BCUT2D eigenvalue weighted by Crippen LogP contribution is -2.39. The summed E-state index contributed by atoms with van der Waals surface area (Å²) in [6, 6.07) is 1.33. The lowest BCUT2D eigenvalue weighted by atomic mass is 9.89. The highest BCUT2D eigenvalue weighted by molar-refractivity contribution is 6.30. The molecule has 1 aromatic rings. The van der Waals surface area contributed by atoms with E-state index in [0.717, 1.165) is 19.5 Å². The van der Waals surface area contributed by atoms with Gasteiger partial charge in [-0.15, -0.1) is 0 Å². The predicted octanol–water partition coefficient (Wildman–Crippen LogP) is 3.36. The third-order valence-corrected chi connectivity index (χ3v) is 3.63. The van der Waals surface area contributed by atoms with E-state index in [-0.39, 0.29) is 5.82 Å². The average molecular weight is 243 g/mol. The third-order valence-electron chi connectivity index (χ3n) is 3.42. The molecule has 2 nitrogen and oxygen atoms in total. The van der Waals surface area contributed by atoms with Gasteiger partial charge in [0.15, 0.2) is 11.6 Å². The fourth-order valence-corrected chi connectivity index (χ4v) is 2.24. The second-order valence-corrected chi connectivity index (χ2v) is 5.08. The van der Waals surface area contributed by atoms with Gasteiger partial charge < -0.3 is 4.90 Å². The number of rotatable bonds is 1. The smallest absolute Gasteiger partial charge is 0.167 e. The molecule has 0 aromatic carbocycles. The van der Waals surface area contributed by atoms with Gasteiger partial charge in [-0.2, -0.15) is 0 Å². The lowest BCUT2D eigenvalue weighted by molar-refractivity contribution is 0.321. The Morgan fingerprint density at radius 1 is 1.44 bits per heavy atom. The van der Waals surface area contributed by atoms with Crippen LogP contribution in [0.4, 0.5) is 10.2 Å². The first-order valence-electron chi connectivity index (χ1n) is 5.64. The standard InChI is InChI=1S/C12H16ClFN2/c1-8-3-4-16(7-9(8)2)12-11(14)5-10(13)6-15-12/h5-6,8-9H,3-4,7H2,1-2H3. The van der Waals surface area contributed by atoms with Crippen LogP contribution in [0.3, 0.4) is 0 Å². The molecule has 1 aliphatic rings. The van der Waals surface area contributed by atoms with E-state index in [1.807, 2.05) is 4.90 Å². The van der Waals surface area contributed by atoms with Crippen LogP contribution in [-0.2, 0) is 0 Å². The van der Waals surface area contributed by atoms with Gasteiger partial charge in [0.1, 0.15) is 0 Å². The van der Waals surface area contributed by atoms with E-state index in [2.05, 4.69) is 18.8 Å². The van der Waals surface area contributed by atoms with Gasteiger partial charge in [0.2, 0.25) is 0 Å². The minimum absolute atomic E-state index is 0.325. The van der Waals surface area contributed by atoms with Gasteiger partial charge in [0.25, 0.3) is 0 Å². The van der Waals surface area contributed by atoms with E-state index in [1.54, 1.807) is 0 Å². The number of nitrogens with zero attached hydrogens (tertiary/aromatic N) is 2. The van der Waals surface area contributed by atoms with Gasteiger partial charge in [-0.1, -0.05) is 25.4 Å². The van der Waals surface area contributed by atoms with Crippen molar-refractivity contribution in [3.05, 3.63) is 23.1 Å². The van der Waals surface area contributed by atoms with Crippen LogP contribution in [0.25, 0.3) is 0 Å². The summed E-state index contributed by atoms with van der Waals surface area (Å²) in [7, 11) is 0. The predicted molar refractivity (Wildman–Crippen MR) is 64.4 cm³/mol. The van der Waals surface area contributed by atoms with Crippen molar-refractivity contribution in [2.24, 2.45) is 11.8 Å². The van der Waals surface area contributed by atoms with Crippen molar-refractivity contribution in [2.75, 3.05) is 18.0 Å². The van der Waals surface area contributed by atoms with Gasteiger partial charge >= 0.3 is 0 Å². The number of hydrogen-bond acceptors (Lipinski definition) is 2. The molecule has 0 spiro atoms. The molecule has 0 radical (unpaired) electrons. The summed E-state index contributed by atoms with van der Waals surface area (Å²) < 4.78 is 13.7. The maximum absolute atomic E-state index is 13.7. The number of halogens is 2. The van der Waals surface area contributed by atoms with Gasteiger partial charge in [0, 0.05) is 19.3 Å². The highest BCUT2D eigenvalue weighted by Gasteiger charge is 2.25. The topological polar surface area (TPSA) is 16.1 Å². The Balaban J connectivity index is 2.18. The number of pyridine rings is 1. The maximum atomic E-state index is 13.7. The molecule has 0 N–H and O–H groups in total. The van der Waals surface area contributed by atoms with Gasteiger partial charge in [-0.3, -0.25) is 0 Å². The lowest BCUT2D eigenvalue weighted by Gasteiger charge is -2.36. The van der Waals surface area contributed by atoms with E-state index >= 15 is 0 Å². The van der Waals surface area contributed by atoms with Crippen molar-refractivity contribution in [3.8, 4) is 0 Å². The first kappa shape index (κ1) is 11.6. The van der Waals surface area contributed by atoms with Gasteiger partial charge in [-0.25, -0.2) is 9.37 Å². The van der Waals surface area contributed by atoms with Crippen molar-refractivity contribution < 1.29 is 4.39 Å². The summed E-state index contributed by atoms with van der Waals surface area (Å²) in [5.74, 6) is 1.38. The molecule has 1 aliphatic heterocycles. The third kappa shape index (κ3) is 2.29. The SMILES string of the molecule is CC1CCN(c2ncc(Cl)cc2F)CC1C. The molecule has 0 aliphatic carbocycles. The van der Waals surface area contributed by atoms with E-state index in [9.17, 15) is 4.39 Å². The van der Waals surface area contributed by atoms with E-state index in [0.29, 0.717) is 22.7 Å². The Labute approximate surface area is 100 Å². The van der Waals surface area contributed by atoms with Crippen LogP contribution >= 0.6 is 11.6 Å². The maximum Gasteiger partial charge on any atom is 0.167 e. The molecule has 2 heterocycles. The summed E-state index contributed by atoms with van der Waals surface area (Å²) in [4.78, 5) is 6.09. The molecule has 88 valence electrons. The van der Waals surface area contributed by atoms with Crippen LogP contribution in [-0.4, -0.2) is 18.1 Å². The monoisotopic (exact) mass is 242 g/mol. The molecule has 0 amide bonds. The Morgan fingerprint density at radius 3 is 2.81 bits per heavy atom. The molecule has 16 heavy (non-hydrogen) atoms. The van der Waals surface area contributed by atoms with Crippen molar-refractivity contribution >= 4 is 17.4 Å². The molecule has 4 heteroatoms. The zero-order valence-corrected chi connectivity index (χ0v) is 10.3. The highest BCUT2D eigenvalue weighted by Crippen LogP contribution is 2.28. The second-order valence-electron chi connectivity index (χ2n) is 4.65. The van der Waals surface area contributed by atoms with Crippen molar-refractivity contribution in [1.82, 2.24) is 4.98 Å². The Morgan fingerprint density at radius 2 is 2.19 bits per heavy atom. The van der Waals surface area contributed by atoms with Crippen LogP contribution in [0.1, 0.15) is 20.3 Å². The first-order chi connectivity index (χ1) is 7.58. The van der Waals surface area contributed by atoms with Crippen molar-refractivity contribution in [3.63, 3.8) is 0 Å². The van der Waals surface area contributed by atoms with Crippen LogP contribution in [0.2, 0.25) is 5.02 Å². The molecule has 0 bridgehead atoms. The minimum atomic E-state index is -0.325. The summed E-state index contributed by atoms with van der Waals surface area (Å²) in [5, 5.41) is 0.347. The van der Waals surface area contributed by atoms with Crippen LogP contribution < -0.4 is 4.90 Å². The van der Waals surface area contributed by atoms with Gasteiger partial charge in [0.05, 0.1) is 5.02 Å². The zero-order chi connectivity index (χ0) is 11.7. The van der Waals surface area contributed by atoms with E-state index < -0.39 is 0 Å². The second kappa shape index (κ2) is 4.58. The molecule has 2 atom stereocenters. The number of aromatic nitrogens is 1. The Bertz CT molecular complexity index is 383. The molecular weight excluding hydrogens is 227 g/mol. The Kier molecular flexibility index (Phi) is 3.33. The molecule has 1 fully saturated rings. The van der Waals surface area contributed by atoms with Crippen LogP contribution in [0.15, 0.2) is 12.3 Å². The zero-order valence-electron chi connectivity index (χ0n) is 9.58. The fourth-order valence-electron chi connectivity index (χ4n) is 2.10. The summed E-state index contributed by atoms with van der Waals surface area (Å²) in [6.07, 6.45) is 2.59. The molecule has 1 aromatic heterocycles. The molecule has 2 unspecified atom stereocenters. The average Bonchev–Trinajstić information content (AvgIpc) is 2.22. The van der Waals surface area contributed by atoms with Gasteiger partial charge in [-0.05, 0) is 24.3 Å². The number of hydrogen-bond donors (Lipinski definition) is 0. The normalized spacial score (nSPS) is 25.9. The number of anilines is 1. The molecular formula is C12H16ClFN2. The molecule has 1 saturated heterocycles. The Hall–Kier alpha value is -0.830. The van der Waals surface area contributed by atoms with Crippen LogP contribution in [0, 0.1) is 17.7 Å². The molecule has 0 saturated carbocycles. The van der Waals surface area contributed by atoms with Crippen molar-refractivity contribution in [2.45, 2.75) is 20.3 Å². The largest absolute Gasteiger partial charge is 0.354 e.